The van der Waals surface area contributed by atoms with Gasteiger partial charge in [0.15, 0.2) is 0 Å². The summed E-state index contributed by atoms with van der Waals surface area (Å²) in [6.45, 7) is 0. The Morgan fingerprint density at radius 2 is 1.53 bits per heavy atom. The topological polar surface area (TPSA) is 25.2 Å². The molecule has 1 heterocycles. The molecule has 0 fully saturated rings. The van der Waals surface area contributed by atoms with Crippen LogP contribution in [-0.4, -0.2) is 0 Å². The molecular formula is C16H12FNO. The van der Waals surface area contributed by atoms with E-state index in [1.807, 2.05) is 36.4 Å². The maximum absolute atomic E-state index is 13.7. The summed E-state index contributed by atoms with van der Waals surface area (Å²) in [7, 11) is 0. The number of hydrogen-bond acceptors (Lipinski definition) is 2. The summed E-state index contributed by atoms with van der Waals surface area (Å²) in [6, 6.07) is 17.9. The van der Waals surface area contributed by atoms with Crippen molar-refractivity contribution in [2.75, 3.05) is 5.32 Å². The normalized spacial score (nSPS) is 10.4. The second-order valence-corrected chi connectivity index (χ2v) is 4.13. The van der Waals surface area contributed by atoms with E-state index in [4.69, 9.17) is 4.42 Å². The van der Waals surface area contributed by atoms with E-state index in [-0.39, 0.29) is 5.82 Å². The SMILES string of the molecule is Fc1ccccc1Nc1ccccc1-c1ccco1. The first-order chi connectivity index (χ1) is 9.34. The highest BCUT2D eigenvalue weighted by Gasteiger charge is 2.08. The molecule has 19 heavy (non-hydrogen) atoms. The molecule has 0 amide bonds. The Hall–Kier alpha value is -2.55. The molecule has 0 unspecified atom stereocenters. The molecule has 0 radical (unpaired) electrons. The van der Waals surface area contributed by atoms with Gasteiger partial charge < -0.3 is 9.73 Å². The zero-order valence-electron chi connectivity index (χ0n) is 10.1. The van der Waals surface area contributed by atoms with E-state index in [1.165, 1.54) is 6.07 Å². The molecule has 3 rings (SSSR count). The third-order valence-corrected chi connectivity index (χ3v) is 2.86. The van der Waals surface area contributed by atoms with Crippen molar-refractivity contribution >= 4 is 11.4 Å². The van der Waals surface area contributed by atoms with Gasteiger partial charge in [-0.2, -0.15) is 0 Å². The van der Waals surface area contributed by atoms with Crippen molar-refractivity contribution in [1.29, 1.82) is 0 Å². The Kier molecular flexibility index (Phi) is 3.02. The number of para-hydroxylation sites is 2. The van der Waals surface area contributed by atoms with Crippen LogP contribution in [0.2, 0.25) is 0 Å². The molecule has 94 valence electrons. The van der Waals surface area contributed by atoms with Crippen LogP contribution in [0.15, 0.2) is 71.3 Å². The highest BCUT2D eigenvalue weighted by Crippen LogP contribution is 2.30. The fourth-order valence-corrected chi connectivity index (χ4v) is 1.95. The number of benzene rings is 2. The number of rotatable bonds is 3. The lowest BCUT2D eigenvalue weighted by atomic mass is 10.1. The number of nitrogens with one attached hydrogen (secondary N) is 1. The fourth-order valence-electron chi connectivity index (χ4n) is 1.95. The minimum Gasteiger partial charge on any atom is -0.464 e. The van der Waals surface area contributed by atoms with Crippen LogP contribution in [0.1, 0.15) is 0 Å². The van der Waals surface area contributed by atoms with Crippen molar-refractivity contribution < 1.29 is 8.81 Å². The van der Waals surface area contributed by atoms with E-state index in [0.717, 1.165) is 17.0 Å². The summed E-state index contributed by atoms with van der Waals surface area (Å²) in [5, 5.41) is 3.09. The van der Waals surface area contributed by atoms with Crippen LogP contribution in [0.4, 0.5) is 15.8 Å². The third kappa shape index (κ3) is 2.36. The van der Waals surface area contributed by atoms with Crippen LogP contribution < -0.4 is 5.32 Å². The van der Waals surface area contributed by atoms with Crippen molar-refractivity contribution in [1.82, 2.24) is 0 Å². The zero-order valence-corrected chi connectivity index (χ0v) is 10.1. The standard InChI is InChI=1S/C16H12FNO/c17-13-7-2-4-9-15(13)18-14-8-3-1-6-12(14)16-10-5-11-19-16/h1-11,18H. The van der Waals surface area contributed by atoms with E-state index >= 15 is 0 Å². The average molecular weight is 253 g/mol. The van der Waals surface area contributed by atoms with Gasteiger partial charge >= 0.3 is 0 Å². The van der Waals surface area contributed by atoms with Crippen LogP contribution in [0.25, 0.3) is 11.3 Å². The number of furan rings is 1. The summed E-state index contributed by atoms with van der Waals surface area (Å²) in [5.41, 5.74) is 2.15. The first-order valence-corrected chi connectivity index (χ1v) is 5.99. The summed E-state index contributed by atoms with van der Waals surface area (Å²) in [4.78, 5) is 0. The number of halogens is 1. The Labute approximate surface area is 110 Å². The van der Waals surface area contributed by atoms with E-state index in [2.05, 4.69) is 5.32 Å². The predicted octanol–water partition coefficient (Wildman–Crippen LogP) is 4.83. The van der Waals surface area contributed by atoms with E-state index in [0.29, 0.717) is 5.69 Å². The van der Waals surface area contributed by atoms with Gasteiger partial charge in [0.1, 0.15) is 11.6 Å². The molecule has 1 aromatic heterocycles. The zero-order chi connectivity index (χ0) is 13.1. The smallest absolute Gasteiger partial charge is 0.146 e. The molecule has 0 aliphatic heterocycles. The van der Waals surface area contributed by atoms with Gasteiger partial charge in [-0.05, 0) is 36.4 Å². The summed E-state index contributed by atoms with van der Waals surface area (Å²) in [5.74, 6) is 0.469. The van der Waals surface area contributed by atoms with Gasteiger partial charge in [-0.3, -0.25) is 0 Å². The lowest BCUT2D eigenvalue weighted by Crippen LogP contribution is -1.95. The van der Waals surface area contributed by atoms with Crippen molar-refractivity contribution in [3.63, 3.8) is 0 Å². The molecule has 0 saturated heterocycles. The summed E-state index contributed by atoms with van der Waals surface area (Å²) < 4.78 is 19.1. The monoisotopic (exact) mass is 253 g/mol. The Morgan fingerprint density at radius 1 is 0.789 bits per heavy atom. The van der Waals surface area contributed by atoms with Gasteiger partial charge in [0.2, 0.25) is 0 Å². The van der Waals surface area contributed by atoms with Crippen molar-refractivity contribution in [3.05, 3.63) is 72.7 Å². The largest absolute Gasteiger partial charge is 0.464 e. The number of anilines is 2. The lowest BCUT2D eigenvalue weighted by molar-refractivity contribution is 0.582. The first kappa shape index (κ1) is 11.5. The third-order valence-electron chi connectivity index (χ3n) is 2.86. The molecule has 2 nitrogen and oxygen atoms in total. The van der Waals surface area contributed by atoms with Crippen molar-refractivity contribution in [2.45, 2.75) is 0 Å². The molecular weight excluding hydrogens is 241 g/mol. The summed E-state index contributed by atoms with van der Waals surface area (Å²) >= 11 is 0. The second kappa shape index (κ2) is 4.98. The van der Waals surface area contributed by atoms with E-state index in [1.54, 1.807) is 24.5 Å². The maximum atomic E-state index is 13.7. The Balaban J connectivity index is 2.00. The van der Waals surface area contributed by atoms with Gasteiger partial charge in [-0.1, -0.05) is 24.3 Å². The molecule has 3 aromatic rings. The second-order valence-electron chi connectivity index (χ2n) is 4.13. The van der Waals surface area contributed by atoms with Crippen LogP contribution in [0, 0.1) is 5.82 Å². The van der Waals surface area contributed by atoms with Crippen LogP contribution in [0.3, 0.4) is 0 Å². The van der Waals surface area contributed by atoms with Gasteiger partial charge in [-0.25, -0.2) is 4.39 Å². The van der Waals surface area contributed by atoms with E-state index in [9.17, 15) is 4.39 Å². The molecule has 0 aliphatic carbocycles. The minimum absolute atomic E-state index is 0.281. The molecule has 3 heteroatoms. The summed E-state index contributed by atoms with van der Waals surface area (Å²) in [6.07, 6.45) is 1.62. The maximum Gasteiger partial charge on any atom is 0.146 e. The molecule has 1 N–H and O–H groups in total. The lowest BCUT2D eigenvalue weighted by Gasteiger charge is -2.11. The molecule has 0 spiro atoms. The fraction of sp³-hybridized carbons (Fsp3) is 0. The van der Waals surface area contributed by atoms with Gasteiger partial charge in [0.25, 0.3) is 0 Å². The highest BCUT2D eigenvalue weighted by molar-refractivity contribution is 5.78. The molecule has 0 saturated carbocycles. The highest BCUT2D eigenvalue weighted by atomic mass is 19.1. The molecule has 0 aliphatic rings. The Bertz CT molecular complexity index is 677. The number of hydrogen-bond donors (Lipinski definition) is 1. The first-order valence-electron chi connectivity index (χ1n) is 5.99. The molecule has 0 bridgehead atoms. The van der Waals surface area contributed by atoms with Gasteiger partial charge in [0, 0.05) is 11.3 Å². The van der Waals surface area contributed by atoms with Crippen LogP contribution in [-0.2, 0) is 0 Å². The predicted molar refractivity (Wildman–Crippen MR) is 73.8 cm³/mol. The van der Waals surface area contributed by atoms with Crippen molar-refractivity contribution in [3.8, 4) is 11.3 Å². The van der Waals surface area contributed by atoms with Crippen LogP contribution >= 0.6 is 0 Å². The van der Waals surface area contributed by atoms with Crippen molar-refractivity contribution in [2.24, 2.45) is 0 Å². The van der Waals surface area contributed by atoms with Gasteiger partial charge in [-0.15, -0.1) is 0 Å². The minimum atomic E-state index is -0.281. The Morgan fingerprint density at radius 3 is 2.26 bits per heavy atom. The van der Waals surface area contributed by atoms with Gasteiger partial charge in [0.05, 0.1) is 12.0 Å². The quantitative estimate of drug-likeness (QED) is 0.723. The average Bonchev–Trinajstić information content (AvgIpc) is 2.96. The van der Waals surface area contributed by atoms with Crippen LogP contribution in [0.5, 0.6) is 0 Å². The van der Waals surface area contributed by atoms with E-state index < -0.39 is 0 Å². The molecule has 0 atom stereocenters. The molecule has 2 aromatic carbocycles.